The number of nitrogens with zero attached hydrogens (tertiary/aromatic N) is 2. The van der Waals surface area contributed by atoms with E-state index in [1.165, 1.54) is 0 Å². The second-order valence-corrected chi connectivity index (χ2v) is 5.53. The maximum atomic E-state index is 6.01. The van der Waals surface area contributed by atoms with Crippen LogP contribution in [0.4, 0.5) is 10.8 Å². The molecule has 18 heavy (non-hydrogen) atoms. The average Bonchev–Trinajstić information content (AvgIpc) is 2.74. The van der Waals surface area contributed by atoms with Crippen molar-refractivity contribution in [3.63, 3.8) is 0 Å². The first-order valence-electron chi connectivity index (χ1n) is 6.10. The molecule has 0 aliphatic carbocycles. The lowest BCUT2D eigenvalue weighted by Gasteiger charge is -2.26. The van der Waals surface area contributed by atoms with Gasteiger partial charge in [0.2, 0.25) is 0 Å². The van der Waals surface area contributed by atoms with Gasteiger partial charge in [0.05, 0.1) is 5.69 Å². The summed E-state index contributed by atoms with van der Waals surface area (Å²) in [7, 11) is 0. The van der Waals surface area contributed by atoms with E-state index < -0.39 is 0 Å². The quantitative estimate of drug-likeness (QED) is 0.857. The van der Waals surface area contributed by atoms with E-state index in [-0.39, 0.29) is 0 Å². The Morgan fingerprint density at radius 3 is 2.61 bits per heavy atom. The van der Waals surface area contributed by atoms with E-state index in [4.69, 9.17) is 5.73 Å². The number of nitrogen functional groups attached to an aromatic ring is 1. The number of thiazole rings is 1. The van der Waals surface area contributed by atoms with Crippen LogP contribution in [0.1, 0.15) is 25.1 Å². The highest BCUT2D eigenvalue weighted by Gasteiger charge is 2.15. The van der Waals surface area contributed by atoms with Gasteiger partial charge in [-0.25, -0.2) is 4.98 Å². The van der Waals surface area contributed by atoms with Crippen molar-refractivity contribution < 1.29 is 0 Å². The van der Waals surface area contributed by atoms with Crippen LogP contribution in [0.25, 0.3) is 0 Å². The van der Waals surface area contributed by atoms with Crippen molar-refractivity contribution in [3.05, 3.63) is 40.9 Å². The monoisotopic (exact) mass is 261 g/mol. The minimum Gasteiger partial charge on any atom is -0.398 e. The molecule has 2 N–H and O–H groups in total. The van der Waals surface area contributed by atoms with Crippen LogP contribution in [0.15, 0.2) is 29.6 Å². The van der Waals surface area contributed by atoms with Gasteiger partial charge in [-0.1, -0.05) is 18.2 Å². The van der Waals surface area contributed by atoms with Crippen LogP contribution in [0.2, 0.25) is 0 Å². The van der Waals surface area contributed by atoms with Crippen molar-refractivity contribution >= 4 is 22.2 Å². The van der Waals surface area contributed by atoms with Crippen molar-refractivity contribution in [1.29, 1.82) is 0 Å². The van der Waals surface area contributed by atoms with E-state index in [2.05, 4.69) is 35.2 Å². The third-order valence-corrected chi connectivity index (χ3v) is 3.87. The zero-order chi connectivity index (χ0) is 13.1. The summed E-state index contributed by atoms with van der Waals surface area (Å²) in [6, 6.07) is 8.41. The SMILES string of the molecule is Cc1csc(N(Cc2ccccc2N)C(C)C)n1. The second-order valence-electron chi connectivity index (χ2n) is 4.69. The Morgan fingerprint density at radius 1 is 1.33 bits per heavy atom. The van der Waals surface area contributed by atoms with Gasteiger partial charge in [0, 0.05) is 23.7 Å². The van der Waals surface area contributed by atoms with E-state index in [1.807, 2.05) is 25.1 Å². The molecule has 0 fully saturated rings. The highest BCUT2D eigenvalue weighted by atomic mass is 32.1. The van der Waals surface area contributed by atoms with Gasteiger partial charge in [-0.15, -0.1) is 11.3 Å². The third-order valence-electron chi connectivity index (χ3n) is 2.87. The predicted molar refractivity (Wildman–Crippen MR) is 79.0 cm³/mol. The van der Waals surface area contributed by atoms with Gasteiger partial charge >= 0.3 is 0 Å². The summed E-state index contributed by atoms with van der Waals surface area (Å²) >= 11 is 1.69. The van der Waals surface area contributed by atoms with Gasteiger partial charge < -0.3 is 10.6 Å². The minimum atomic E-state index is 0.398. The number of anilines is 2. The molecule has 96 valence electrons. The Balaban J connectivity index is 2.25. The van der Waals surface area contributed by atoms with Crippen LogP contribution in [0.5, 0.6) is 0 Å². The summed E-state index contributed by atoms with van der Waals surface area (Å²) in [6.07, 6.45) is 0. The van der Waals surface area contributed by atoms with Crippen LogP contribution >= 0.6 is 11.3 Å². The Labute approximate surface area is 112 Å². The smallest absolute Gasteiger partial charge is 0.186 e. The van der Waals surface area contributed by atoms with Gasteiger partial charge in [-0.2, -0.15) is 0 Å². The van der Waals surface area contributed by atoms with Gasteiger partial charge in [-0.3, -0.25) is 0 Å². The first-order chi connectivity index (χ1) is 8.58. The molecule has 0 atom stereocenters. The molecular weight excluding hydrogens is 242 g/mol. The molecule has 0 bridgehead atoms. The standard InChI is InChI=1S/C14H19N3S/c1-10(2)17(14-16-11(3)9-18-14)8-12-6-4-5-7-13(12)15/h4-7,9-10H,8,15H2,1-3H3. The first kappa shape index (κ1) is 12.9. The molecule has 0 aliphatic rings. The van der Waals surface area contributed by atoms with E-state index in [1.54, 1.807) is 11.3 Å². The molecule has 4 heteroatoms. The Morgan fingerprint density at radius 2 is 2.06 bits per heavy atom. The normalized spacial score (nSPS) is 10.9. The van der Waals surface area contributed by atoms with Gasteiger partial charge in [0.15, 0.2) is 5.13 Å². The molecule has 1 aromatic carbocycles. The maximum Gasteiger partial charge on any atom is 0.186 e. The lowest BCUT2D eigenvalue weighted by Crippen LogP contribution is -2.30. The number of hydrogen-bond donors (Lipinski definition) is 1. The van der Waals surface area contributed by atoms with Gasteiger partial charge in [0.25, 0.3) is 0 Å². The van der Waals surface area contributed by atoms with Gasteiger partial charge in [0.1, 0.15) is 0 Å². The molecule has 1 heterocycles. The molecule has 3 nitrogen and oxygen atoms in total. The zero-order valence-corrected chi connectivity index (χ0v) is 11.9. The number of hydrogen-bond acceptors (Lipinski definition) is 4. The number of aryl methyl sites for hydroxylation is 1. The van der Waals surface area contributed by atoms with Crippen LogP contribution < -0.4 is 10.6 Å². The summed E-state index contributed by atoms with van der Waals surface area (Å²) in [6.45, 7) is 7.18. The van der Waals surface area contributed by atoms with Crippen LogP contribution in [0.3, 0.4) is 0 Å². The number of benzene rings is 1. The Kier molecular flexibility index (Phi) is 3.87. The first-order valence-corrected chi connectivity index (χ1v) is 6.98. The number of rotatable bonds is 4. The third kappa shape index (κ3) is 2.82. The molecule has 0 unspecified atom stereocenters. The molecule has 0 spiro atoms. The fraction of sp³-hybridized carbons (Fsp3) is 0.357. The summed E-state index contributed by atoms with van der Waals surface area (Å²) in [4.78, 5) is 6.84. The summed E-state index contributed by atoms with van der Waals surface area (Å²) in [5.41, 5.74) is 9.08. The molecule has 2 aromatic rings. The van der Waals surface area contributed by atoms with Crippen LogP contribution in [-0.4, -0.2) is 11.0 Å². The van der Waals surface area contributed by atoms with E-state index in [0.29, 0.717) is 6.04 Å². The van der Waals surface area contributed by atoms with Crippen molar-refractivity contribution in [2.24, 2.45) is 0 Å². The van der Waals surface area contributed by atoms with Gasteiger partial charge in [-0.05, 0) is 32.4 Å². The Bertz CT molecular complexity index is 519. The van der Waals surface area contributed by atoms with Crippen molar-refractivity contribution in [2.45, 2.75) is 33.4 Å². The highest BCUT2D eigenvalue weighted by molar-refractivity contribution is 7.13. The molecular formula is C14H19N3S. The summed E-state index contributed by atoms with van der Waals surface area (Å²) in [5, 5.41) is 3.14. The highest BCUT2D eigenvalue weighted by Crippen LogP contribution is 2.25. The molecule has 2 rings (SSSR count). The molecule has 1 aromatic heterocycles. The fourth-order valence-electron chi connectivity index (χ4n) is 1.81. The van der Waals surface area contributed by atoms with Crippen molar-refractivity contribution in [1.82, 2.24) is 4.98 Å². The largest absolute Gasteiger partial charge is 0.398 e. The number of aromatic nitrogens is 1. The topological polar surface area (TPSA) is 42.1 Å². The van der Waals surface area contributed by atoms with Crippen LogP contribution in [0, 0.1) is 6.92 Å². The number of nitrogens with two attached hydrogens (primary N) is 1. The van der Waals surface area contributed by atoms with Crippen LogP contribution in [-0.2, 0) is 6.54 Å². The Hall–Kier alpha value is -1.55. The van der Waals surface area contributed by atoms with E-state index in [9.17, 15) is 0 Å². The van der Waals surface area contributed by atoms with E-state index in [0.717, 1.165) is 28.6 Å². The average molecular weight is 261 g/mol. The minimum absolute atomic E-state index is 0.398. The molecule has 0 amide bonds. The summed E-state index contributed by atoms with van der Waals surface area (Å²) in [5.74, 6) is 0. The van der Waals surface area contributed by atoms with Crippen molar-refractivity contribution in [2.75, 3.05) is 10.6 Å². The maximum absolute atomic E-state index is 6.01. The molecule has 0 saturated heterocycles. The fourth-order valence-corrected chi connectivity index (χ4v) is 2.74. The molecule has 0 saturated carbocycles. The summed E-state index contributed by atoms with van der Waals surface area (Å²) < 4.78 is 0. The molecule has 0 aliphatic heterocycles. The van der Waals surface area contributed by atoms with Crippen molar-refractivity contribution in [3.8, 4) is 0 Å². The lowest BCUT2D eigenvalue weighted by atomic mass is 10.1. The predicted octanol–water partition coefficient (Wildman–Crippen LogP) is 3.45. The van der Waals surface area contributed by atoms with E-state index >= 15 is 0 Å². The number of para-hydroxylation sites is 1. The molecule has 0 radical (unpaired) electrons. The second kappa shape index (κ2) is 5.40. The lowest BCUT2D eigenvalue weighted by molar-refractivity contribution is 0.680. The zero-order valence-electron chi connectivity index (χ0n) is 11.1.